The van der Waals surface area contributed by atoms with Crippen LogP contribution in [0.3, 0.4) is 0 Å². The number of allylic oxidation sites excluding steroid dienone is 2. The van der Waals surface area contributed by atoms with Crippen LogP contribution < -0.4 is 0 Å². The van der Waals surface area contributed by atoms with E-state index in [0.717, 1.165) is 0 Å². The molecule has 2 nitrogen and oxygen atoms in total. The minimum atomic E-state index is -0.402. The summed E-state index contributed by atoms with van der Waals surface area (Å²) >= 11 is 0. The lowest BCUT2D eigenvalue weighted by Crippen LogP contribution is -2.57. The molecule has 76 valence electrons. The summed E-state index contributed by atoms with van der Waals surface area (Å²) < 4.78 is 0. The number of hydrogen-bond acceptors (Lipinski definition) is 2. The minimum Gasteiger partial charge on any atom is -0.295 e. The maximum Gasteiger partial charge on any atom is 0.0950 e. The van der Waals surface area contributed by atoms with Gasteiger partial charge in [-0.3, -0.25) is 9.80 Å². The quantitative estimate of drug-likeness (QED) is 0.364. The largest absolute Gasteiger partial charge is 0.295 e. The van der Waals surface area contributed by atoms with E-state index in [1.165, 1.54) is 5.20 Å². The highest BCUT2D eigenvalue weighted by atomic mass is 28.2. The molecule has 0 aromatic rings. The normalized spacial score (nSPS) is 13.2. The molecule has 0 amide bonds. The fourth-order valence-corrected chi connectivity index (χ4v) is 2.86. The molecule has 0 aromatic heterocycles. The Kier molecular flexibility index (Phi) is 4.60. The van der Waals surface area contributed by atoms with Gasteiger partial charge in [0.25, 0.3) is 0 Å². The standard InChI is InChI=1S/C10H22N2Si/c1-8-9(2)13-10(3,11(4)5)12(6)7/h8H,1-2,13H2,3-7H3. The minimum absolute atomic E-state index is 0.158. The van der Waals surface area contributed by atoms with Gasteiger partial charge in [-0.2, -0.15) is 0 Å². The van der Waals surface area contributed by atoms with E-state index < -0.39 is 9.52 Å². The molecule has 3 heteroatoms. The molecule has 0 aliphatic rings. The summed E-state index contributed by atoms with van der Waals surface area (Å²) in [5, 5.41) is 1.37. The molecule has 0 heterocycles. The van der Waals surface area contributed by atoms with Gasteiger partial charge in [-0.15, -0.1) is 6.58 Å². The topological polar surface area (TPSA) is 6.48 Å². The Balaban J connectivity index is 4.60. The zero-order chi connectivity index (χ0) is 10.6. The van der Waals surface area contributed by atoms with Crippen LogP contribution in [-0.2, 0) is 0 Å². The molecule has 0 aliphatic heterocycles. The highest BCUT2D eigenvalue weighted by molar-refractivity contribution is 6.49. The van der Waals surface area contributed by atoms with Crippen LogP contribution in [0.4, 0.5) is 0 Å². The van der Waals surface area contributed by atoms with Gasteiger partial charge in [0.2, 0.25) is 0 Å². The van der Waals surface area contributed by atoms with E-state index in [1.54, 1.807) is 0 Å². The molecule has 13 heavy (non-hydrogen) atoms. The first-order valence-electron chi connectivity index (χ1n) is 4.49. The van der Waals surface area contributed by atoms with Gasteiger partial charge in [0.15, 0.2) is 0 Å². The Hall–Kier alpha value is -0.383. The van der Waals surface area contributed by atoms with E-state index in [2.05, 4.69) is 58.1 Å². The third-order valence-corrected chi connectivity index (χ3v) is 5.46. The summed E-state index contributed by atoms with van der Waals surface area (Å²) in [7, 11) is 8.06. The molecule has 0 bridgehead atoms. The summed E-state index contributed by atoms with van der Waals surface area (Å²) in [6, 6.07) is 0. The van der Waals surface area contributed by atoms with Crippen molar-refractivity contribution >= 4 is 9.52 Å². The Morgan fingerprint density at radius 3 is 1.85 bits per heavy atom. The summed E-state index contributed by atoms with van der Waals surface area (Å²) in [4.78, 5) is 4.52. The van der Waals surface area contributed by atoms with Gasteiger partial charge in [-0.25, -0.2) is 0 Å². The molecule has 0 N–H and O–H groups in total. The molecule has 0 saturated heterocycles. The second-order valence-electron chi connectivity index (χ2n) is 4.04. The van der Waals surface area contributed by atoms with Crippen molar-refractivity contribution in [2.75, 3.05) is 28.2 Å². The monoisotopic (exact) mass is 198 g/mol. The van der Waals surface area contributed by atoms with Crippen LogP contribution in [0, 0.1) is 0 Å². The predicted molar refractivity (Wildman–Crippen MR) is 63.7 cm³/mol. The van der Waals surface area contributed by atoms with Crippen LogP contribution in [0.25, 0.3) is 0 Å². The molecular formula is C10H22N2Si. The lowest BCUT2D eigenvalue weighted by molar-refractivity contribution is 0.100. The van der Waals surface area contributed by atoms with Gasteiger partial charge in [-0.1, -0.05) is 17.9 Å². The van der Waals surface area contributed by atoms with Gasteiger partial charge in [0, 0.05) is 0 Å². The Morgan fingerprint density at radius 1 is 1.23 bits per heavy atom. The van der Waals surface area contributed by atoms with Crippen LogP contribution >= 0.6 is 0 Å². The second kappa shape index (κ2) is 4.74. The zero-order valence-corrected chi connectivity index (χ0v) is 11.0. The number of rotatable bonds is 5. The zero-order valence-electron chi connectivity index (χ0n) is 9.59. The SMILES string of the molecule is C=CC(=C)[SiH2]C(C)(N(C)C)N(C)C. The van der Waals surface area contributed by atoms with E-state index in [4.69, 9.17) is 0 Å². The third kappa shape index (κ3) is 3.10. The van der Waals surface area contributed by atoms with Crippen molar-refractivity contribution in [3.63, 3.8) is 0 Å². The first-order valence-corrected chi connectivity index (χ1v) is 5.91. The maximum absolute atomic E-state index is 4.01. The molecule has 0 atom stereocenters. The van der Waals surface area contributed by atoms with Gasteiger partial charge in [0.1, 0.15) is 0 Å². The molecule has 0 fully saturated rings. The average Bonchev–Trinajstić information content (AvgIpc) is 2.03. The molecule has 0 unspecified atom stereocenters. The molecule has 0 aromatic carbocycles. The fraction of sp³-hybridized carbons (Fsp3) is 0.600. The van der Waals surface area contributed by atoms with E-state index in [9.17, 15) is 0 Å². The van der Waals surface area contributed by atoms with E-state index in [-0.39, 0.29) is 5.29 Å². The predicted octanol–water partition coefficient (Wildman–Crippen LogP) is 0.652. The van der Waals surface area contributed by atoms with Crippen LogP contribution in [0.15, 0.2) is 24.4 Å². The van der Waals surface area contributed by atoms with Crippen molar-refractivity contribution in [2.45, 2.75) is 12.2 Å². The van der Waals surface area contributed by atoms with E-state index in [1.807, 2.05) is 6.08 Å². The lowest BCUT2D eigenvalue weighted by Gasteiger charge is -2.42. The summed E-state index contributed by atoms with van der Waals surface area (Å²) in [5.74, 6) is 0. The first-order chi connectivity index (χ1) is 5.84. The smallest absolute Gasteiger partial charge is 0.0950 e. The Bertz CT molecular complexity index is 189. The highest BCUT2D eigenvalue weighted by Gasteiger charge is 2.29. The number of nitrogens with zero attached hydrogens (tertiary/aromatic N) is 2. The Morgan fingerprint density at radius 2 is 1.62 bits per heavy atom. The molecule has 0 spiro atoms. The molecular weight excluding hydrogens is 176 g/mol. The maximum atomic E-state index is 4.01. The number of hydrogen-bond donors (Lipinski definition) is 0. The first kappa shape index (κ1) is 12.6. The van der Waals surface area contributed by atoms with Crippen LogP contribution in [0.2, 0.25) is 0 Å². The molecule has 0 aliphatic carbocycles. The van der Waals surface area contributed by atoms with Crippen LogP contribution in [0.5, 0.6) is 0 Å². The van der Waals surface area contributed by atoms with Crippen LogP contribution in [0.1, 0.15) is 6.92 Å². The van der Waals surface area contributed by atoms with Crippen molar-refractivity contribution in [1.29, 1.82) is 0 Å². The highest BCUT2D eigenvalue weighted by Crippen LogP contribution is 2.15. The van der Waals surface area contributed by atoms with E-state index >= 15 is 0 Å². The average molecular weight is 198 g/mol. The molecule has 0 saturated carbocycles. The van der Waals surface area contributed by atoms with Gasteiger partial charge >= 0.3 is 0 Å². The molecule has 0 rings (SSSR count). The van der Waals surface area contributed by atoms with Crippen molar-refractivity contribution in [1.82, 2.24) is 9.80 Å². The van der Waals surface area contributed by atoms with Crippen molar-refractivity contribution in [2.24, 2.45) is 0 Å². The fourth-order valence-electron chi connectivity index (χ4n) is 1.22. The van der Waals surface area contributed by atoms with Crippen molar-refractivity contribution in [3.05, 3.63) is 24.4 Å². The van der Waals surface area contributed by atoms with Crippen molar-refractivity contribution < 1.29 is 0 Å². The lowest BCUT2D eigenvalue weighted by atomic mass is 10.4. The van der Waals surface area contributed by atoms with Crippen LogP contribution in [-0.4, -0.2) is 52.8 Å². The third-order valence-electron chi connectivity index (χ3n) is 2.78. The molecule has 0 radical (unpaired) electrons. The van der Waals surface area contributed by atoms with Gasteiger partial charge in [-0.05, 0) is 35.1 Å². The van der Waals surface area contributed by atoms with Gasteiger partial charge in [0.05, 0.1) is 14.8 Å². The summed E-state index contributed by atoms with van der Waals surface area (Å²) in [6.07, 6.45) is 1.89. The summed E-state index contributed by atoms with van der Waals surface area (Å²) in [5.41, 5.74) is 0. The Labute approximate surface area is 84.7 Å². The van der Waals surface area contributed by atoms with Gasteiger partial charge < -0.3 is 0 Å². The van der Waals surface area contributed by atoms with E-state index in [0.29, 0.717) is 0 Å². The summed E-state index contributed by atoms with van der Waals surface area (Å²) in [6.45, 7) is 10.0. The van der Waals surface area contributed by atoms with Crippen molar-refractivity contribution in [3.8, 4) is 0 Å². The second-order valence-corrected chi connectivity index (χ2v) is 6.65.